The molecule has 2 amide bonds. The first-order valence-corrected chi connectivity index (χ1v) is 11.1. The maximum atomic E-state index is 12.7. The van der Waals surface area contributed by atoms with Gasteiger partial charge in [-0.15, -0.1) is 0 Å². The fourth-order valence-electron chi connectivity index (χ4n) is 3.42. The minimum Gasteiger partial charge on any atom is -0.485 e. The number of fused-ring (bicyclic) bond motifs is 1. The SMILES string of the molecule is CCCNC(=O)CCCN1C(=O)COc2ccc(C(=O)COc3ccc(CC)cc3)cc21. The lowest BCUT2D eigenvalue weighted by atomic mass is 10.1. The normalized spacial score (nSPS) is 12.7. The third kappa shape index (κ3) is 6.09. The predicted molar refractivity (Wildman–Crippen MR) is 122 cm³/mol. The minimum absolute atomic E-state index is 0.0270. The second kappa shape index (κ2) is 11.3. The molecule has 1 heterocycles. The number of carbonyl (C=O) groups is 3. The van der Waals surface area contributed by atoms with E-state index in [1.165, 1.54) is 5.56 Å². The molecule has 7 heteroatoms. The lowest BCUT2D eigenvalue weighted by molar-refractivity contribution is -0.122. The summed E-state index contributed by atoms with van der Waals surface area (Å²) in [5.74, 6) is 0.774. The molecule has 170 valence electrons. The number of ketones is 1. The zero-order chi connectivity index (χ0) is 22.9. The summed E-state index contributed by atoms with van der Waals surface area (Å²) in [6.45, 7) is 4.95. The zero-order valence-corrected chi connectivity index (χ0v) is 18.7. The van der Waals surface area contributed by atoms with Gasteiger partial charge in [-0.05, 0) is 55.2 Å². The van der Waals surface area contributed by atoms with Crippen LogP contribution in [0.2, 0.25) is 0 Å². The van der Waals surface area contributed by atoms with Crippen LogP contribution in [0.4, 0.5) is 5.69 Å². The van der Waals surface area contributed by atoms with Gasteiger partial charge in [0.15, 0.2) is 19.0 Å². The molecule has 1 aliphatic heterocycles. The molecule has 0 unspecified atom stereocenters. The van der Waals surface area contributed by atoms with Gasteiger partial charge in [0.2, 0.25) is 5.91 Å². The fourth-order valence-corrected chi connectivity index (χ4v) is 3.42. The molecule has 0 fully saturated rings. The molecule has 3 rings (SSSR count). The van der Waals surface area contributed by atoms with Crippen molar-refractivity contribution in [3.63, 3.8) is 0 Å². The van der Waals surface area contributed by atoms with Gasteiger partial charge in [0.05, 0.1) is 5.69 Å². The van der Waals surface area contributed by atoms with E-state index in [0.29, 0.717) is 48.7 Å². The number of rotatable bonds is 11. The summed E-state index contributed by atoms with van der Waals surface area (Å²) in [5.41, 5.74) is 2.19. The van der Waals surface area contributed by atoms with Crippen LogP contribution >= 0.6 is 0 Å². The quantitative estimate of drug-likeness (QED) is 0.543. The maximum absolute atomic E-state index is 12.7. The van der Waals surface area contributed by atoms with Crippen molar-refractivity contribution in [2.75, 3.05) is 31.2 Å². The molecule has 2 aromatic carbocycles. The average Bonchev–Trinajstić information content (AvgIpc) is 2.82. The number of nitrogens with one attached hydrogen (secondary N) is 1. The highest BCUT2D eigenvalue weighted by atomic mass is 16.5. The van der Waals surface area contributed by atoms with Gasteiger partial charge >= 0.3 is 0 Å². The Hall–Kier alpha value is -3.35. The van der Waals surface area contributed by atoms with Crippen molar-refractivity contribution < 1.29 is 23.9 Å². The standard InChI is InChI=1S/C25H30N2O5/c1-3-13-26-24(29)6-5-14-27-21-15-19(9-12-23(21)32-17-25(27)30)22(28)16-31-20-10-7-18(4-2)8-11-20/h7-12,15H,3-6,13-14,16-17H2,1-2H3,(H,26,29). The molecule has 0 aromatic heterocycles. The highest BCUT2D eigenvalue weighted by Gasteiger charge is 2.26. The number of hydrogen-bond acceptors (Lipinski definition) is 5. The van der Waals surface area contributed by atoms with Crippen LogP contribution in [0.15, 0.2) is 42.5 Å². The number of anilines is 1. The summed E-state index contributed by atoms with van der Waals surface area (Å²) < 4.78 is 11.2. The van der Waals surface area contributed by atoms with Crippen molar-refractivity contribution in [2.45, 2.75) is 39.5 Å². The summed E-state index contributed by atoms with van der Waals surface area (Å²) in [5, 5.41) is 2.83. The summed E-state index contributed by atoms with van der Waals surface area (Å²) in [6, 6.07) is 12.7. The number of benzene rings is 2. The topological polar surface area (TPSA) is 84.9 Å². The smallest absolute Gasteiger partial charge is 0.265 e. The van der Waals surface area contributed by atoms with Gasteiger partial charge in [-0.3, -0.25) is 14.4 Å². The van der Waals surface area contributed by atoms with E-state index in [9.17, 15) is 14.4 Å². The van der Waals surface area contributed by atoms with Crippen LogP contribution in [0.1, 0.15) is 49.0 Å². The molecule has 2 aromatic rings. The first-order chi connectivity index (χ1) is 15.5. The Balaban J connectivity index is 1.63. The van der Waals surface area contributed by atoms with Crippen molar-refractivity contribution in [2.24, 2.45) is 0 Å². The van der Waals surface area contributed by atoms with Gasteiger partial charge in [-0.2, -0.15) is 0 Å². The van der Waals surface area contributed by atoms with Crippen LogP contribution in [0.3, 0.4) is 0 Å². The zero-order valence-electron chi connectivity index (χ0n) is 18.7. The van der Waals surface area contributed by atoms with Crippen LogP contribution in [0.5, 0.6) is 11.5 Å². The minimum atomic E-state index is -0.191. The van der Waals surface area contributed by atoms with E-state index < -0.39 is 0 Å². The lowest BCUT2D eigenvalue weighted by Gasteiger charge is -2.29. The largest absolute Gasteiger partial charge is 0.485 e. The van der Waals surface area contributed by atoms with E-state index in [2.05, 4.69) is 12.2 Å². The molecule has 0 atom stereocenters. The Bertz CT molecular complexity index is 955. The van der Waals surface area contributed by atoms with Gasteiger partial charge in [-0.1, -0.05) is 26.0 Å². The molecule has 1 aliphatic rings. The summed E-state index contributed by atoms with van der Waals surface area (Å²) in [4.78, 5) is 38.6. The van der Waals surface area contributed by atoms with Crippen LogP contribution in [0.25, 0.3) is 0 Å². The molecule has 32 heavy (non-hydrogen) atoms. The molecule has 0 spiro atoms. The van der Waals surface area contributed by atoms with Gasteiger partial charge in [-0.25, -0.2) is 0 Å². The summed E-state index contributed by atoms with van der Waals surface area (Å²) in [7, 11) is 0. The molecule has 0 radical (unpaired) electrons. The Morgan fingerprint density at radius 3 is 2.62 bits per heavy atom. The highest BCUT2D eigenvalue weighted by Crippen LogP contribution is 2.33. The first-order valence-electron chi connectivity index (χ1n) is 11.1. The lowest BCUT2D eigenvalue weighted by Crippen LogP contribution is -2.40. The molecule has 0 bridgehead atoms. The number of ether oxygens (including phenoxy) is 2. The molecule has 0 saturated heterocycles. The van der Waals surface area contributed by atoms with Gasteiger partial charge < -0.3 is 19.7 Å². The van der Waals surface area contributed by atoms with E-state index in [-0.39, 0.29) is 30.8 Å². The van der Waals surface area contributed by atoms with Gasteiger partial charge in [0.25, 0.3) is 5.91 Å². The Labute approximate surface area is 188 Å². The van der Waals surface area contributed by atoms with E-state index in [0.717, 1.165) is 12.8 Å². The van der Waals surface area contributed by atoms with Gasteiger partial charge in [0, 0.05) is 25.1 Å². The Kier molecular flexibility index (Phi) is 8.25. The van der Waals surface area contributed by atoms with Crippen LogP contribution in [0, 0.1) is 0 Å². The van der Waals surface area contributed by atoms with Crippen molar-refractivity contribution in [3.05, 3.63) is 53.6 Å². The number of carbonyl (C=O) groups excluding carboxylic acids is 3. The maximum Gasteiger partial charge on any atom is 0.265 e. The molecule has 1 N–H and O–H groups in total. The van der Waals surface area contributed by atoms with Crippen LogP contribution in [-0.4, -0.2) is 43.9 Å². The van der Waals surface area contributed by atoms with Crippen molar-refractivity contribution in [1.29, 1.82) is 0 Å². The molecule has 0 saturated carbocycles. The van der Waals surface area contributed by atoms with E-state index >= 15 is 0 Å². The van der Waals surface area contributed by atoms with E-state index in [4.69, 9.17) is 9.47 Å². The highest BCUT2D eigenvalue weighted by molar-refractivity contribution is 6.02. The number of nitrogens with zero attached hydrogens (tertiary/aromatic N) is 1. The van der Waals surface area contributed by atoms with Crippen molar-refractivity contribution in [1.82, 2.24) is 5.32 Å². The Morgan fingerprint density at radius 2 is 1.91 bits per heavy atom. The number of hydrogen-bond donors (Lipinski definition) is 1. The average molecular weight is 439 g/mol. The van der Waals surface area contributed by atoms with Crippen molar-refractivity contribution in [3.8, 4) is 11.5 Å². The molecule has 7 nitrogen and oxygen atoms in total. The van der Waals surface area contributed by atoms with Crippen LogP contribution < -0.4 is 19.7 Å². The molecular weight excluding hydrogens is 408 g/mol. The summed E-state index contributed by atoms with van der Waals surface area (Å²) in [6.07, 6.45) is 2.68. The van der Waals surface area contributed by atoms with Gasteiger partial charge in [0.1, 0.15) is 11.5 Å². The fraction of sp³-hybridized carbons (Fsp3) is 0.400. The third-order valence-corrected chi connectivity index (χ3v) is 5.28. The second-order valence-corrected chi connectivity index (χ2v) is 7.68. The van der Waals surface area contributed by atoms with Crippen molar-refractivity contribution >= 4 is 23.3 Å². The number of aryl methyl sites for hydroxylation is 1. The van der Waals surface area contributed by atoms with Crippen LogP contribution in [-0.2, 0) is 16.0 Å². The second-order valence-electron chi connectivity index (χ2n) is 7.68. The molecule has 0 aliphatic carbocycles. The predicted octanol–water partition coefficient (Wildman–Crippen LogP) is 3.54. The van der Waals surface area contributed by atoms with E-state index in [1.54, 1.807) is 23.1 Å². The molecular formula is C25H30N2O5. The first kappa shape index (κ1) is 23.3. The number of Topliss-reactive ketones (excluding diaryl/α,β-unsaturated/α-hetero) is 1. The number of amides is 2. The van der Waals surface area contributed by atoms with E-state index in [1.807, 2.05) is 31.2 Å². The third-order valence-electron chi connectivity index (χ3n) is 5.28. The monoisotopic (exact) mass is 438 g/mol. The summed E-state index contributed by atoms with van der Waals surface area (Å²) >= 11 is 0. The Morgan fingerprint density at radius 1 is 1.12 bits per heavy atom.